The van der Waals surface area contributed by atoms with E-state index < -0.39 is 0 Å². The third kappa shape index (κ3) is 3.90. The van der Waals surface area contributed by atoms with Gasteiger partial charge in [0.1, 0.15) is 17.2 Å². The fourth-order valence-corrected chi connectivity index (χ4v) is 4.26. The topological polar surface area (TPSA) is 81.4 Å². The van der Waals surface area contributed by atoms with Gasteiger partial charge in [-0.05, 0) is 50.5 Å². The molecule has 1 aromatic carbocycles. The Morgan fingerprint density at radius 2 is 2.03 bits per heavy atom. The van der Waals surface area contributed by atoms with Gasteiger partial charge in [0.05, 0.1) is 35.6 Å². The molecule has 164 valence electrons. The Hall–Kier alpha value is -3.48. The number of rotatable bonds is 7. The van der Waals surface area contributed by atoms with Crippen molar-refractivity contribution >= 4 is 28.6 Å². The first-order chi connectivity index (χ1) is 15.4. The van der Waals surface area contributed by atoms with Crippen LogP contribution >= 0.6 is 0 Å². The molecule has 0 spiro atoms. The zero-order valence-corrected chi connectivity index (χ0v) is 18.9. The van der Waals surface area contributed by atoms with Crippen LogP contribution in [-0.2, 0) is 24.7 Å². The molecule has 5 rings (SSSR count). The maximum atomic E-state index is 12.4. The second kappa shape index (κ2) is 7.89. The Morgan fingerprint density at radius 1 is 1.22 bits per heavy atom. The summed E-state index contributed by atoms with van der Waals surface area (Å²) in [7, 11) is 3.58. The molecule has 1 aliphatic carbocycles. The first kappa shape index (κ1) is 20.4. The van der Waals surface area contributed by atoms with Crippen molar-refractivity contribution in [2.24, 2.45) is 18.0 Å². The van der Waals surface area contributed by atoms with Crippen LogP contribution in [0.1, 0.15) is 36.7 Å². The number of Topliss-reactive ketones (excluding diaryl/α,β-unsaturated/α-hetero) is 1. The molecule has 0 bridgehead atoms. The molecular formula is C25H27N5O2. The number of nitrogens with one attached hydrogen (secondary N) is 1. The third-order valence-electron chi connectivity index (χ3n) is 5.99. The summed E-state index contributed by atoms with van der Waals surface area (Å²) in [4.78, 5) is 21.8. The Kier molecular flexibility index (Phi) is 5.04. The van der Waals surface area contributed by atoms with E-state index in [-0.39, 0.29) is 11.7 Å². The lowest BCUT2D eigenvalue weighted by Crippen LogP contribution is -2.08. The number of benzene rings is 1. The summed E-state index contributed by atoms with van der Waals surface area (Å²) in [5, 5.41) is 8.06. The van der Waals surface area contributed by atoms with Crippen molar-refractivity contribution in [2.75, 3.05) is 12.4 Å². The minimum Gasteiger partial charge on any atom is -0.495 e. The van der Waals surface area contributed by atoms with E-state index in [2.05, 4.69) is 10.4 Å². The standard InChI is InChI=1S/C25H27N5O2/c1-14-13-30(3)29-24(14)17-7-8-19(23(10-17)32-4)28-21-11-18(12-22(31)16-5-6-16)27-20-9-15(2)26-25(20)21/h7-8,10-11,13,16H,5-6,9,12H2,1-4H3,(H,27,28). The average Bonchev–Trinajstić information content (AvgIpc) is 3.46. The van der Waals surface area contributed by atoms with E-state index in [1.807, 2.05) is 56.0 Å². The summed E-state index contributed by atoms with van der Waals surface area (Å²) >= 11 is 0. The zero-order valence-electron chi connectivity index (χ0n) is 18.9. The average molecular weight is 430 g/mol. The third-order valence-corrected chi connectivity index (χ3v) is 5.99. The molecule has 0 unspecified atom stereocenters. The number of nitrogens with zero attached hydrogens (tertiary/aromatic N) is 4. The maximum Gasteiger partial charge on any atom is 0.142 e. The minimum atomic E-state index is 0.224. The van der Waals surface area contributed by atoms with Crippen molar-refractivity contribution in [3.8, 4) is 17.0 Å². The number of fused-ring (bicyclic) bond motifs is 1. The van der Waals surface area contributed by atoms with E-state index in [9.17, 15) is 4.79 Å². The maximum absolute atomic E-state index is 12.4. The second-order valence-corrected chi connectivity index (χ2v) is 8.77. The molecule has 0 atom stereocenters. The van der Waals surface area contributed by atoms with Crippen molar-refractivity contribution in [1.29, 1.82) is 0 Å². The van der Waals surface area contributed by atoms with Gasteiger partial charge in [0.15, 0.2) is 0 Å². The predicted molar refractivity (Wildman–Crippen MR) is 125 cm³/mol. The molecular weight excluding hydrogens is 402 g/mol. The molecule has 3 heterocycles. The Morgan fingerprint density at radius 3 is 2.72 bits per heavy atom. The molecule has 1 fully saturated rings. The van der Waals surface area contributed by atoms with Gasteiger partial charge in [-0.2, -0.15) is 5.10 Å². The summed E-state index contributed by atoms with van der Waals surface area (Å²) in [5.41, 5.74) is 8.31. The summed E-state index contributed by atoms with van der Waals surface area (Å²) in [6, 6.07) is 7.98. The number of hydrogen-bond donors (Lipinski definition) is 1. The highest BCUT2D eigenvalue weighted by atomic mass is 16.5. The Labute approximate surface area is 187 Å². The molecule has 3 aromatic rings. The summed E-state index contributed by atoms with van der Waals surface area (Å²) in [5.74, 6) is 1.22. The monoisotopic (exact) mass is 429 g/mol. The number of ketones is 1. The number of methoxy groups -OCH3 is 1. The molecule has 2 aliphatic rings. The van der Waals surface area contributed by atoms with Crippen molar-refractivity contribution in [3.05, 3.63) is 47.4 Å². The first-order valence-corrected chi connectivity index (χ1v) is 11.0. The van der Waals surface area contributed by atoms with E-state index in [4.69, 9.17) is 14.7 Å². The molecule has 1 aliphatic heterocycles. The summed E-state index contributed by atoms with van der Waals surface area (Å²) < 4.78 is 7.51. The van der Waals surface area contributed by atoms with E-state index in [0.717, 1.165) is 63.8 Å². The number of aliphatic imine (C=N–C) groups is 1. The fraction of sp³-hybridized carbons (Fsp3) is 0.360. The van der Waals surface area contributed by atoms with Gasteiger partial charge in [-0.3, -0.25) is 19.5 Å². The molecule has 0 radical (unpaired) electrons. The number of ether oxygens (including phenoxy) is 1. The summed E-state index contributed by atoms with van der Waals surface area (Å²) in [6.07, 6.45) is 5.11. The van der Waals surface area contributed by atoms with Crippen LogP contribution in [0.2, 0.25) is 0 Å². The molecule has 2 aromatic heterocycles. The number of carbonyl (C=O) groups excluding carboxylic acids is 1. The molecule has 7 nitrogen and oxygen atoms in total. The van der Waals surface area contributed by atoms with Gasteiger partial charge < -0.3 is 10.1 Å². The highest BCUT2D eigenvalue weighted by Crippen LogP contribution is 2.40. The molecule has 32 heavy (non-hydrogen) atoms. The van der Waals surface area contributed by atoms with Crippen LogP contribution < -0.4 is 10.1 Å². The van der Waals surface area contributed by atoms with Crippen molar-refractivity contribution in [2.45, 2.75) is 39.5 Å². The SMILES string of the molecule is COc1cc(-c2nn(C)cc2C)ccc1Nc1cc(CC(=O)C2CC2)nc2c1N=C(C)C2. The lowest BCUT2D eigenvalue weighted by atomic mass is 10.1. The zero-order chi connectivity index (χ0) is 22.4. The lowest BCUT2D eigenvalue weighted by molar-refractivity contribution is -0.119. The quantitative estimate of drug-likeness (QED) is 0.588. The van der Waals surface area contributed by atoms with Crippen LogP contribution in [0.15, 0.2) is 35.5 Å². The number of aromatic nitrogens is 3. The van der Waals surface area contributed by atoms with E-state index in [0.29, 0.717) is 18.6 Å². The van der Waals surface area contributed by atoms with E-state index >= 15 is 0 Å². The van der Waals surface area contributed by atoms with Crippen LogP contribution in [0.5, 0.6) is 5.75 Å². The van der Waals surface area contributed by atoms with E-state index in [1.165, 1.54) is 0 Å². The highest BCUT2D eigenvalue weighted by Gasteiger charge is 2.30. The number of anilines is 2. The fourth-order valence-electron chi connectivity index (χ4n) is 4.26. The number of hydrogen-bond acceptors (Lipinski definition) is 6. The molecule has 1 N–H and O–H groups in total. The first-order valence-electron chi connectivity index (χ1n) is 11.0. The molecule has 0 amide bonds. The minimum absolute atomic E-state index is 0.224. The van der Waals surface area contributed by atoms with Crippen LogP contribution in [-0.4, -0.2) is 33.4 Å². The molecule has 1 saturated carbocycles. The van der Waals surface area contributed by atoms with Crippen LogP contribution in [0, 0.1) is 12.8 Å². The van der Waals surface area contributed by atoms with Crippen LogP contribution in [0.25, 0.3) is 11.3 Å². The Balaban J connectivity index is 1.49. The van der Waals surface area contributed by atoms with Crippen molar-refractivity contribution in [3.63, 3.8) is 0 Å². The number of carbonyl (C=O) groups is 1. The van der Waals surface area contributed by atoms with Gasteiger partial charge in [0.2, 0.25) is 0 Å². The summed E-state index contributed by atoms with van der Waals surface area (Å²) in [6.45, 7) is 4.05. The molecule has 7 heteroatoms. The number of aryl methyl sites for hydroxylation is 2. The largest absolute Gasteiger partial charge is 0.495 e. The molecule has 0 saturated heterocycles. The van der Waals surface area contributed by atoms with Gasteiger partial charge >= 0.3 is 0 Å². The van der Waals surface area contributed by atoms with Crippen molar-refractivity contribution < 1.29 is 9.53 Å². The van der Waals surface area contributed by atoms with Gasteiger partial charge in [-0.15, -0.1) is 0 Å². The second-order valence-electron chi connectivity index (χ2n) is 8.77. The normalized spacial score (nSPS) is 14.8. The Bertz CT molecular complexity index is 1250. The highest BCUT2D eigenvalue weighted by molar-refractivity contribution is 5.96. The van der Waals surface area contributed by atoms with Gasteiger partial charge in [0, 0.05) is 43.3 Å². The predicted octanol–water partition coefficient (Wildman–Crippen LogP) is 4.71. The van der Waals surface area contributed by atoms with Crippen LogP contribution in [0.4, 0.5) is 17.1 Å². The van der Waals surface area contributed by atoms with Gasteiger partial charge in [-0.25, -0.2) is 0 Å². The number of pyridine rings is 1. The lowest BCUT2D eigenvalue weighted by Gasteiger charge is -2.15. The van der Waals surface area contributed by atoms with Gasteiger partial charge in [-0.1, -0.05) is 6.07 Å². The van der Waals surface area contributed by atoms with Gasteiger partial charge in [0.25, 0.3) is 0 Å². The smallest absolute Gasteiger partial charge is 0.142 e. The van der Waals surface area contributed by atoms with E-state index in [1.54, 1.807) is 7.11 Å². The van der Waals surface area contributed by atoms with Crippen LogP contribution in [0.3, 0.4) is 0 Å². The van der Waals surface area contributed by atoms with Crippen molar-refractivity contribution in [1.82, 2.24) is 14.8 Å².